The van der Waals surface area contributed by atoms with E-state index in [4.69, 9.17) is 10.5 Å². The molecule has 0 radical (unpaired) electrons. The van der Waals surface area contributed by atoms with Crippen molar-refractivity contribution >= 4 is 5.97 Å². The van der Waals surface area contributed by atoms with Crippen molar-refractivity contribution in [3.63, 3.8) is 0 Å². The van der Waals surface area contributed by atoms with Crippen LogP contribution in [0.25, 0.3) is 0 Å². The van der Waals surface area contributed by atoms with Crippen molar-refractivity contribution in [1.82, 2.24) is 9.78 Å². The van der Waals surface area contributed by atoms with Gasteiger partial charge >= 0.3 is 5.97 Å². The molecular formula is C11H17N3O2. The van der Waals surface area contributed by atoms with Gasteiger partial charge < -0.3 is 10.5 Å². The number of carbonyl (C=O) groups is 1. The summed E-state index contributed by atoms with van der Waals surface area (Å²) in [5, 5.41) is 4.08. The average molecular weight is 223 g/mol. The van der Waals surface area contributed by atoms with Gasteiger partial charge in [0, 0.05) is 12.4 Å². The summed E-state index contributed by atoms with van der Waals surface area (Å²) in [4.78, 5) is 11.9. The Bertz CT molecular complexity index is 359. The first-order valence-electron chi connectivity index (χ1n) is 5.60. The zero-order chi connectivity index (χ0) is 11.6. The summed E-state index contributed by atoms with van der Waals surface area (Å²) < 4.78 is 6.74. The van der Waals surface area contributed by atoms with Gasteiger partial charge in [-0.2, -0.15) is 5.10 Å². The molecule has 1 atom stereocenters. The highest BCUT2D eigenvalue weighted by Gasteiger charge is 2.49. The number of nitrogens with zero attached hydrogens (tertiary/aromatic N) is 2. The highest BCUT2D eigenvalue weighted by molar-refractivity contribution is 5.81. The normalized spacial score (nSPS) is 19.1. The number of rotatable bonds is 5. The van der Waals surface area contributed by atoms with E-state index in [1.54, 1.807) is 17.8 Å². The van der Waals surface area contributed by atoms with Crippen LogP contribution in [0, 0.1) is 5.92 Å². The van der Waals surface area contributed by atoms with Crippen molar-refractivity contribution in [3.8, 4) is 0 Å². The fourth-order valence-electron chi connectivity index (χ4n) is 1.89. The number of carbonyl (C=O) groups excluding carboxylic acids is 1. The largest absolute Gasteiger partial charge is 0.465 e. The molecular weight excluding hydrogens is 206 g/mol. The Kier molecular flexibility index (Phi) is 2.96. The van der Waals surface area contributed by atoms with E-state index in [-0.39, 0.29) is 11.9 Å². The van der Waals surface area contributed by atoms with E-state index in [1.807, 2.05) is 12.3 Å². The third-order valence-corrected chi connectivity index (χ3v) is 2.94. The molecule has 0 bridgehead atoms. The third-order valence-electron chi connectivity index (χ3n) is 2.94. The monoisotopic (exact) mass is 223 g/mol. The van der Waals surface area contributed by atoms with Crippen LogP contribution in [0.5, 0.6) is 0 Å². The third kappa shape index (κ3) is 2.09. The molecule has 5 nitrogen and oxygen atoms in total. The molecule has 2 N–H and O–H groups in total. The van der Waals surface area contributed by atoms with Gasteiger partial charge in [0.05, 0.1) is 13.2 Å². The number of nitrogens with two attached hydrogens (primary N) is 1. The Labute approximate surface area is 94.6 Å². The molecule has 5 heteroatoms. The van der Waals surface area contributed by atoms with Gasteiger partial charge in [-0.25, -0.2) is 4.79 Å². The van der Waals surface area contributed by atoms with E-state index >= 15 is 0 Å². The van der Waals surface area contributed by atoms with Crippen LogP contribution >= 0.6 is 0 Å². The fourth-order valence-corrected chi connectivity index (χ4v) is 1.89. The van der Waals surface area contributed by atoms with Crippen LogP contribution in [0.1, 0.15) is 19.8 Å². The minimum atomic E-state index is -0.915. The maximum Gasteiger partial charge on any atom is 0.328 e. The summed E-state index contributed by atoms with van der Waals surface area (Å²) in [6, 6.07) is 1.82. The SMILES string of the molecule is CCOC(=O)C(N)(Cn1cccn1)C1CC1. The molecule has 1 saturated carbocycles. The van der Waals surface area contributed by atoms with Gasteiger partial charge in [-0.15, -0.1) is 0 Å². The Morgan fingerprint density at radius 1 is 1.69 bits per heavy atom. The summed E-state index contributed by atoms with van der Waals surface area (Å²) in [6.07, 6.45) is 5.48. The second kappa shape index (κ2) is 4.25. The van der Waals surface area contributed by atoms with Crippen molar-refractivity contribution in [1.29, 1.82) is 0 Å². The average Bonchev–Trinajstić information content (AvgIpc) is 3.00. The maximum absolute atomic E-state index is 11.9. The van der Waals surface area contributed by atoms with Crippen LogP contribution < -0.4 is 5.73 Å². The van der Waals surface area contributed by atoms with E-state index in [9.17, 15) is 4.79 Å². The summed E-state index contributed by atoms with van der Waals surface area (Å²) >= 11 is 0. The Morgan fingerprint density at radius 2 is 2.44 bits per heavy atom. The number of ether oxygens (including phenoxy) is 1. The topological polar surface area (TPSA) is 70.1 Å². The molecule has 1 unspecified atom stereocenters. The summed E-state index contributed by atoms with van der Waals surface area (Å²) in [7, 11) is 0. The smallest absolute Gasteiger partial charge is 0.328 e. The highest BCUT2D eigenvalue weighted by atomic mass is 16.5. The first-order chi connectivity index (χ1) is 7.66. The van der Waals surface area contributed by atoms with E-state index in [0.717, 1.165) is 12.8 Å². The number of aromatic nitrogens is 2. The minimum Gasteiger partial charge on any atom is -0.465 e. The van der Waals surface area contributed by atoms with Gasteiger partial charge in [-0.05, 0) is 31.7 Å². The molecule has 88 valence electrons. The number of hydrogen-bond acceptors (Lipinski definition) is 4. The summed E-state index contributed by atoms with van der Waals surface area (Å²) in [5.74, 6) is -0.0799. The van der Waals surface area contributed by atoms with Crippen LogP contribution in [0.4, 0.5) is 0 Å². The lowest BCUT2D eigenvalue weighted by Gasteiger charge is -2.26. The zero-order valence-corrected chi connectivity index (χ0v) is 9.43. The van der Waals surface area contributed by atoms with Crippen LogP contribution in [0.3, 0.4) is 0 Å². The maximum atomic E-state index is 11.9. The molecule has 1 aromatic heterocycles. The van der Waals surface area contributed by atoms with E-state index < -0.39 is 5.54 Å². The van der Waals surface area contributed by atoms with E-state index in [2.05, 4.69) is 5.10 Å². The van der Waals surface area contributed by atoms with E-state index in [0.29, 0.717) is 13.2 Å². The summed E-state index contributed by atoms with van der Waals surface area (Å²) in [5.41, 5.74) is 5.27. The van der Waals surface area contributed by atoms with E-state index in [1.165, 1.54) is 0 Å². The highest BCUT2D eigenvalue weighted by Crippen LogP contribution is 2.39. The second-order valence-electron chi connectivity index (χ2n) is 4.24. The Morgan fingerprint density at radius 3 is 2.94 bits per heavy atom. The standard InChI is InChI=1S/C11H17N3O2/c1-2-16-10(15)11(12,9-4-5-9)8-14-7-3-6-13-14/h3,6-7,9H,2,4-5,8,12H2,1H3. The predicted octanol–water partition coefficient (Wildman–Crippen LogP) is 0.554. The van der Waals surface area contributed by atoms with Crippen molar-refractivity contribution in [3.05, 3.63) is 18.5 Å². The zero-order valence-electron chi connectivity index (χ0n) is 9.43. The van der Waals surface area contributed by atoms with Gasteiger partial charge in [-0.3, -0.25) is 4.68 Å². The van der Waals surface area contributed by atoms with Crippen molar-refractivity contribution in [2.75, 3.05) is 6.61 Å². The van der Waals surface area contributed by atoms with Gasteiger partial charge in [0.2, 0.25) is 0 Å². The second-order valence-corrected chi connectivity index (χ2v) is 4.24. The first-order valence-corrected chi connectivity index (χ1v) is 5.60. The molecule has 1 aliphatic carbocycles. The molecule has 0 saturated heterocycles. The lowest BCUT2D eigenvalue weighted by molar-refractivity contribution is -0.151. The molecule has 16 heavy (non-hydrogen) atoms. The molecule has 0 aromatic carbocycles. The fraction of sp³-hybridized carbons (Fsp3) is 0.636. The quantitative estimate of drug-likeness (QED) is 0.740. The molecule has 1 heterocycles. The van der Waals surface area contributed by atoms with Gasteiger partial charge in [-0.1, -0.05) is 0 Å². The molecule has 2 rings (SSSR count). The molecule has 0 aliphatic heterocycles. The molecule has 0 spiro atoms. The summed E-state index contributed by atoms with van der Waals surface area (Å²) in [6.45, 7) is 2.55. The van der Waals surface area contributed by atoms with Gasteiger partial charge in [0.1, 0.15) is 5.54 Å². The van der Waals surface area contributed by atoms with Gasteiger partial charge in [0.15, 0.2) is 0 Å². The van der Waals surface area contributed by atoms with Crippen molar-refractivity contribution < 1.29 is 9.53 Å². The van der Waals surface area contributed by atoms with Crippen molar-refractivity contribution in [2.45, 2.75) is 31.8 Å². The van der Waals surface area contributed by atoms with Crippen LogP contribution in [-0.4, -0.2) is 27.9 Å². The van der Waals surface area contributed by atoms with Crippen molar-refractivity contribution in [2.24, 2.45) is 11.7 Å². The Hall–Kier alpha value is -1.36. The number of esters is 1. The number of hydrogen-bond donors (Lipinski definition) is 1. The molecule has 0 amide bonds. The molecule has 1 aromatic rings. The van der Waals surface area contributed by atoms with Crippen LogP contribution in [0.2, 0.25) is 0 Å². The van der Waals surface area contributed by atoms with Crippen LogP contribution in [-0.2, 0) is 16.1 Å². The minimum absolute atomic E-state index is 0.232. The first kappa shape index (κ1) is 11.1. The van der Waals surface area contributed by atoms with Gasteiger partial charge in [0.25, 0.3) is 0 Å². The lowest BCUT2D eigenvalue weighted by Crippen LogP contribution is -2.54. The predicted molar refractivity (Wildman–Crippen MR) is 58.5 cm³/mol. The Balaban J connectivity index is 2.12. The van der Waals surface area contributed by atoms with Crippen LogP contribution in [0.15, 0.2) is 18.5 Å². The molecule has 1 aliphatic rings. The molecule has 1 fully saturated rings. The lowest BCUT2D eigenvalue weighted by atomic mass is 9.94.